The molecule has 1 aliphatic rings. The van der Waals surface area contributed by atoms with E-state index in [0.717, 1.165) is 17.3 Å². The third-order valence-corrected chi connectivity index (χ3v) is 3.04. The third kappa shape index (κ3) is 2.34. The topological polar surface area (TPSA) is 37.3 Å². The van der Waals surface area contributed by atoms with Crippen LogP contribution in [-0.2, 0) is 4.79 Å². The summed E-state index contributed by atoms with van der Waals surface area (Å²) >= 11 is 3.24. The van der Waals surface area contributed by atoms with Crippen molar-refractivity contribution in [2.24, 2.45) is 5.92 Å². The Labute approximate surface area is 92.8 Å². The maximum atomic E-state index is 11.8. The molecule has 1 rings (SSSR count). The molecular weight excluding hydrogens is 244 g/mol. The fourth-order valence-corrected chi connectivity index (χ4v) is 2.28. The van der Waals surface area contributed by atoms with Gasteiger partial charge in [-0.1, -0.05) is 35.2 Å². The molecular formula is C11H15BrO2. The molecule has 0 aromatic carbocycles. The summed E-state index contributed by atoms with van der Waals surface area (Å²) < 4.78 is 0.809. The van der Waals surface area contributed by atoms with E-state index < -0.39 is 5.60 Å². The quantitative estimate of drug-likeness (QED) is 0.791. The van der Waals surface area contributed by atoms with Gasteiger partial charge >= 0.3 is 0 Å². The number of hydrogen-bond acceptors (Lipinski definition) is 2. The van der Waals surface area contributed by atoms with Crippen molar-refractivity contribution < 1.29 is 9.90 Å². The van der Waals surface area contributed by atoms with Crippen LogP contribution in [0.4, 0.5) is 0 Å². The van der Waals surface area contributed by atoms with Crippen molar-refractivity contribution in [3.05, 3.63) is 23.7 Å². The molecule has 14 heavy (non-hydrogen) atoms. The molecule has 3 heteroatoms. The minimum Gasteiger partial charge on any atom is -0.378 e. The Morgan fingerprint density at radius 3 is 2.93 bits per heavy atom. The van der Waals surface area contributed by atoms with Crippen LogP contribution in [0, 0.1) is 5.92 Å². The first-order valence-corrected chi connectivity index (χ1v) is 5.52. The van der Waals surface area contributed by atoms with Crippen LogP contribution >= 0.6 is 15.9 Å². The number of hydrogen-bond donors (Lipinski definition) is 1. The van der Waals surface area contributed by atoms with Crippen LogP contribution in [0.15, 0.2) is 23.7 Å². The van der Waals surface area contributed by atoms with E-state index in [1.54, 1.807) is 0 Å². The smallest absolute Gasteiger partial charge is 0.171 e. The number of carbonyl (C=O) groups is 1. The predicted octanol–water partition coefficient (Wildman–Crippen LogP) is 2.57. The molecule has 1 aliphatic carbocycles. The first-order valence-electron chi connectivity index (χ1n) is 4.73. The molecule has 0 radical (unpaired) electrons. The van der Waals surface area contributed by atoms with Crippen LogP contribution in [0.25, 0.3) is 0 Å². The fourth-order valence-electron chi connectivity index (χ4n) is 1.89. The van der Waals surface area contributed by atoms with Crippen molar-refractivity contribution in [3.63, 3.8) is 0 Å². The Kier molecular flexibility index (Phi) is 3.67. The van der Waals surface area contributed by atoms with Crippen molar-refractivity contribution >= 4 is 21.7 Å². The van der Waals surface area contributed by atoms with E-state index in [4.69, 9.17) is 0 Å². The highest BCUT2D eigenvalue weighted by atomic mass is 79.9. The van der Waals surface area contributed by atoms with Gasteiger partial charge in [0.2, 0.25) is 0 Å². The zero-order chi connectivity index (χ0) is 10.8. The van der Waals surface area contributed by atoms with E-state index >= 15 is 0 Å². The molecule has 78 valence electrons. The van der Waals surface area contributed by atoms with Gasteiger partial charge in [-0.25, -0.2) is 0 Å². The molecule has 1 N–H and O–H groups in total. The number of halogens is 1. The molecule has 0 amide bonds. The number of ketones is 1. The summed E-state index contributed by atoms with van der Waals surface area (Å²) in [5.74, 6) is -0.224. The summed E-state index contributed by atoms with van der Waals surface area (Å²) in [5, 5.41) is 9.92. The molecule has 1 fully saturated rings. The molecule has 0 spiro atoms. The first-order chi connectivity index (χ1) is 6.49. The zero-order valence-corrected chi connectivity index (χ0v) is 9.72. The van der Waals surface area contributed by atoms with E-state index in [1.165, 1.54) is 6.08 Å². The maximum Gasteiger partial charge on any atom is 0.171 e. The van der Waals surface area contributed by atoms with Crippen molar-refractivity contribution in [1.82, 2.24) is 0 Å². The van der Waals surface area contributed by atoms with Crippen molar-refractivity contribution in [2.45, 2.75) is 31.3 Å². The van der Waals surface area contributed by atoms with Crippen LogP contribution in [0.5, 0.6) is 0 Å². The van der Waals surface area contributed by atoms with Crippen molar-refractivity contribution in [3.8, 4) is 0 Å². The van der Waals surface area contributed by atoms with E-state index in [0.29, 0.717) is 12.8 Å². The highest BCUT2D eigenvalue weighted by Crippen LogP contribution is 2.34. The molecule has 0 bridgehead atoms. The molecule has 1 unspecified atom stereocenters. The lowest BCUT2D eigenvalue weighted by molar-refractivity contribution is -0.140. The molecule has 2 atom stereocenters. The van der Waals surface area contributed by atoms with Gasteiger partial charge in [0.05, 0.1) is 0 Å². The number of rotatable bonds is 3. The molecule has 0 aliphatic heterocycles. The predicted molar refractivity (Wildman–Crippen MR) is 60.2 cm³/mol. The van der Waals surface area contributed by atoms with E-state index in [9.17, 15) is 9.90 Å². The van der Waals surface area contributed by atoms with Crippen LogP contribution in [0.1, 0.15) is 25.7 Å². The number of aliphatic hydroxyl groups is 1. The second-order valence-corrected chi connectivity index (χ2v) is 4.92. The first kappa shape index (κ1) is 11.7. The number of carbonyl (C=O) groups excluding carboxylic acids is 1. The summed E-state index contributed by atoms with van der Waals surface area (Å²) in [6.45, 7) is 7.23. The fraction of sp³-hybridized carbons (Fsp3) is 0.545. The normalized spacial score (nSPS) is 32.7. The lowest BCUT2D eigenvalue weighted by atomic mass is 9.75. The average molecular weight is 259 g/mol. The van der Waals surface area contributed by atoms with E-state index in [-0.39, 0.29) is 11.7 Å². The maximum absolute atomic E-state index is 11.8. The van der Waals surface area contributed by atoms with E-state index in [2.05, 4.69) is 29.1 Å². The molecule has 0 aromatic heterocycles. The van der Waals surface area contributed by atoms with Gasteiger partial charge in [-0.15, -0.1) is 0 Å². The Balaban J connectivity index is 2.76. The van der Waals surface area contributed by atoms with Crippen LogP contribution in [-0.4, -0.2) is 16.5 Å². The standard InChI is InChI=1S/C11H15BrO2/c1-3-11(14)6-4-5-9(10(11)13)7-8(2)12/h3,9,14H,1-2,4-7H2/t9?,11-/m1/s1. The van der Waals surface area contributed by atoms with Crippen LogP contribution in [0.2, 0.25) is 0 Å². The van der Waals surface area contributed by atoms with Gasteiger partial charge < -0.3 is 5.11 Å². The summed E-state index contributed by atoms with van der Waals surface area (Å²) in [4.78, 5) is 11.8. The van der Waals surface area contributed by atoms with Gasteiger partial charge in [0.25, 0.3) is 0 Å². The average Bonchev–Trinajstić information content (AvgIpc) is 2.12. The Morgan fingerprint density at radius 2 is 2.43 bits per heavy atom. The Hall–Kier alpha value is -0.410. The molecule has 0 aromatic rings. The van der Waals surface area contributed by atoms with Gasteiger partial charge in [0, 0.05) is 5.92 Å². The Morgan fingerprint density at radius 1 is 1.79 bits per heavy atom. The van der Waals surface area contributed by atoms with Gasteiger partial charge in [-0.2, -0.15) is 0 Å². The summed E-state index contributed by atoms with van der Waals surface area (Å²) in [5.41, 5.74) is -1.30. The lowest BCUT2D eigenvalue weighted by Crippen LogP contribution is -2.44. The second kappa shape index (κ2) is 4.41. The third-order valence-electron chi connectivity index (χ3n) is 2.71. The summed E-state index contributed by atoms with van der Waals surface area (Å²) in [6, 6.07) is 0. The highest BCUT2D eigenvalue weighted by Gasteiger charge is 2.40. The van der Waals surface area contributed by atoms with Crippen molar-refractivity contribution in [2.75, 3.05) is 0 Å². The lowest BCUT2D eigenvalue weighted by Gasteiger charge is -2.32. The van der Waals surface area contributed by atoms with Crippen LogP contribution in [0.3, 0.4) is 0 Å². The molecule has 1 saturated carbocycles. The van der Waals surface area contributed by atoms with Crippen molar-refractivity contribution in [1.29, 1.82) is 0 Å². The monoisotopic (exact) mass is 258 g/mol. The van der Waals surface area contributed by atoms with Gasteiger partial charge in [-0.05, 0) is 30.2 Å². The minimum absolute atomic E-state index is 0.112. The van der Waals surface area contributed by atoms with Gasteiger partial charge in [-0.3, -0.25) is 4.79 Å². The molecule has 0 heterocycles. The summed E-state index contributed by atoms with van der Waals surface area (Å²) in [7, 11) is 0. The van der Waals surface area contributed by atoms with E-state index in [1.807, 2.05) is 0 Å². The SMILES string of the molecule is C=C[C@@]1(O)CCCC(CC(=C)Br)C1=O. The number of Topliss-reactive ketones (excluding diaryl/α,β-unsaturated/α-hetero) is 1. The second-order valence-electron chi connectivity index (χ2n) is 3.80. The summed E-state index contributed by atoms with van der Waals surface area (Å²) in [6.07, 6.45) is 4.16. The van der Waals surface area contributed by atoms with Gasteiger partial charge in [0.1, 0.15) is 5.60 Å². The highest BCUT2D eigenvalue weighted by molar-refractivity contribution is 9.11. The largest absolute Gasteiger partial charge is 0.378 e. The van der Waals surface area contributed by atoms with Crippen LogP contribution < -0.4 is 0 Å². The molecule has 0 saturated heterocycles. The number of allylic oxidation sites excluding steroid dienone is 1. The van der Waals surface area contributed by atoms with Gasteiger partial charge in [0.15, 0.2) is 5.78 Å². The molecule has 2 nitrogen and oxygen atoms in total. The minimum atomic E-state index is -1.30. The Bertz CT molecular complexity index is 272. The zero-order valence-electron chi connectivity index (χ0n) is 8.13.